The molecule has 0 saturated carbocycles. The Kier molecular flexibility index (Phi) is 3.82. The monoisotopic (exact) mass is 274 g/mol. The van der Waals surface area contributed by atoms with Crippen molar-refractivity contribution in [3.63, 3.8) is 0 Å². The number of hydrogen-bond acceptors (Lipinski definition) is 5. The molecular formula is C13H8NO4S-. The summed E-state index contributed by atoms with van der Waals surface area (Å²) in [6.45, 7) is 0. The molecule has 5 nitrogen and oxygen atoms in total. The summed E-state index contributed by atoms with van der Waals surface area (Å²) in [4.78, 5) is 22.2. The standard InChI is InChI=1S/C13H9NO4S/c15-13(16)9-5-1-3-7-11(9)19-12-8-4-2-6-10(12)14(17)18/h1-8H,(H,15,16)/p-1. The van der Waals surface area contributed by atoms with E-state index in [1.165, 1.54) is 12.1 Å². The lowest BCUT2D eigenvalue weighted by Crippen LogP contribution is -2.22. The number of rotatable bonds is 4. The molecule has 2 rings (SSSR count). The van der Waals surface area contributed by atoms with Gasteiger partial charge in [0, 0.05) is 16.5 Å². The van der Waals surface area contributed by atoms with Crippen LogP contribution in [0, 0.1) is 10.1 Å². The van der Waals surface area contributed by atoms with Crippen LogP contribution in [0.1, 0.15) is 10.4 Å². The zero-order valence-corrected chi connectivity index (χ0v) is 10.4. The van der Waals surface area contributed by atoms with Crippen LogP contribution in [0.25, 0.3) is 0 Å². The number of nitro groups is 1. The molecule has 0 atom stereocenters. The second kappa shape index (κ2) is 5.53. The van der Waals surface area contributed by atoms with E-state index in [9.17, 15) is 20.0 Å². The van der Waals surface area contributed by atoms with Crippen molar-refractivity contribution >= 4 is 23.4 Å². The molecule has 2 aromatic rings. The van der Waals surface area contributed by atoms with E-state index < -0.39 is 10.9 Å². The van der Waals surface area contributed by atoms with Crippen molar-refractivity contribution in [3.8, 4) is 0 Å². The molecule has 0 bridgehead atoms. The Bertz CT molecular complexity index is 587. The van der Waals surface area contributed by atoms with Gasteiger partial charge in [-0.3, -0.25) is 10.1 Å². The maximum Gasteiger partial charge on any atom is 0.283 e. The topological polar surface area (TPSA) is 83.3 Å². The molecule has 0 aliphatic rings. The smallest absolute Gasteiger partial charge is 0.283 e. The Hall–Kier alpha value is -2.34. The third-order valence-corrected chi connectivity index (χ3v) is 3.53. The number of hydrogen-bond donors (Lipinski definition) is 0. The van der Waals surface area contributed by atoms with E-state index in [2.05, 4.69) is 0 Å². The Morgan fingerprint density at radius 1 is 1.00 bits per heavy atom. The van der Waals surface area contributed by atoms with Crippen LogP contribution < -0.4 is 5.11 Å². The first-order valence-corrected chi connectivity index (χ1v) is 6.13. The minimum absolute atomic E-state index is 0.0191. The Morgan fingerprint density at radius 3 is 2.21 bits per heavy atom. The second-order valence-electron chi connectivity index (χ2n) is 3.61. The van der Waals surface area contributed by atoms with Crippen molar-refractivity contribution < 1.29 is 14.8 Å². The van der Waals surface area contributed by atoms with Gasteiger partial charge in [0.2, 0.25) is 0 Å². The van der Waals surface area contributed by atoms with Crippen LogP contribution in [0.5, 0.6) is 0 Å². The number of benzene rings is 2. The molecule has 0 spiro atoms. The molecule has 0 fully saturated rings. The van der Waals surface area contributed by atoms with Gasteiger partial charge in [-0.2, -0.15) is 0 Å². The van der Waals surface area contributed by atoms with Crippen LogP contribution >= 0.6 is 11.8 Å². The highest BCUT2D eigenvalue weighted by Crippen LogP contribution is 2.35. The molecule has 0 aliphatic carbocycles. The van der Waals surface area contributed by atoms with E-state index in [1.54, 1.807) is 36.4 Å². The minimum atomic E-state index is -1.30. The van der Waals surface area contributed by atoms with Crippen LogP contribution in [-0.2, 0) is 0 Å². The van der Waals surface area contributed by atoms with E-state index in [0.29, 0.717) is 9.79 Å². The molecule has 96 valence electrons. The van der Waals surface area contributed by atoms with Crippen LogP contribution in [0.4, 0.5) is 5.69 Å². The molecule has 0 aromatic heterocycles. The zero-order chi connectivity index (χ0) is 13.8. The summed E-state index contributed by atoms with van der Waals surface area (Å²) >= 11 is 1.03. The number of para-hydroxylation sites is 1. The largest absolute Gasteiger partial charge is 0.545 e. The quantitative estimate of drug-likeness (QED) is 0.629. The highest BCUT2D eigenvalue weighted by molar-refractivity contribution is 7.99. The average Bonchev–Trinajstić information content (AvgIpc) is 2.39. The molecule has 0 aliphatic heterocycles. The molecule has 0 heterocycles. The van der Waals surface area contributed by atoms with Crippen molar-refractivity contribution in [2.24, 2.45) is 0 Å². The SMILES string of the molecule is O=C([O-])c1ccccc1Sc1ccccc1[N+](=O)[O-]. The van der Waals surface area contributed by atoms with Crippen LogP contribution in [0.2, 0.25) is 0 Å². The molecule has 0 radical (unpaired) electrons. The molecule has 0 amide bonds. The Labute approximate surface area is 113 Å². The summed E-state index contributed by atoms with van der Waals surface area (Å²) in [6, 6.07) is 12.4. The van der Waals surface area contributed by atoms with E-state index >= 15 is 0 Å². The number of nitrogens with zero attached hydrogens (tertiary/aromatic N) is 1. The minimum Gasteiger partial charge on any atom is -0.545 e. The first-order chi connectivity index (χ1) is 9.09. The van der Waals surface area contributed by atoms with Gasteiger partial charge >= 0.3 is 0 Å². The van der Waals surface area contributed by atoms with Crippen molar-refractivity contribution in [1.82, 2.24) is 0 Å². The Morgan fingerprint density at radius 2 is 1.58 bits per heavy atom. The Balaban J connectivity index is 2.42. The predicted molar refractivity (Wildman–Crippen MR) is 68.0 cm³/mol. The van der Waals surface area contributed by atoms with Gasteiger partial charge in [-0.25, -0.2) is 0 Å². The molecule has 6 heteroatoms. The first-order valence-electron chi connectivity index (χ1n) is 5.31. The maximum absolute atomic E-state index is 11.0. The average molecular weight is 274 g/mol. The van der Waals surface area contributed by atoms with Gasteiger partial charge in [-0.1, -0.05) is 42.1 Å². The first kappa shape index (κ1) is 13.1. The summed E-state index contributed by atoms with van der Waals surface area (Å²) in [6.07, 6.45) is 0. The van der Waals surface area contributed by atoms with Crippen LogP contribution in [0.15, 0.2) is 58.3 Å². The van der Waals surface area contributed by atoms with Gasteiger partial charge in [0.1, 0.15) is 0 Å². The number of carbonyl (C=O) groups excluding carboxylic acids is 1. The van der Waals surface area contributed by atoms with Crippen molar-refractivity contribution in [3.05, 3.63) is 64.2 Å². The summed E-state index contributed by atoms with van der Waals surface area (Å²) in [7, 11) is 0. The van der Waals surface area contributed by atoms with Gasteiger partial charge in [0.25, 0.3) is 5.69 Å². The lowest BCUT2D eigenvalue weighted by Gasteiger charge is -2.09. The van der Waals surface area contributed by atoms with E-state index in [-0.39, 0.29) is 11.3 Å². The number of carboxylic acids is 1. The van der Waals surface area contributed by atoms with E-state index in [1.807, 2.05) is 0 Å². The van der Waals surface area contributed by atoms with E-state index in [0.717, 1.165) is 11.8 Å². The van der Waals surface area contributed by atoms with Gasteiger partial charge < -0.3 is 9.90 Å². The van der Waals surface area contributed by atoms with Crippen LogP contribution in [0.3, 0.4) is 0 Å². The van der Waals surface area contributed by atoms with E-state index in [4.69, 9.17) is 0 Å². The molecule has 0 saturated heterocycles. The normalized spacial score (nSPS) is 10.1. The fourth-order valence-electron chi connectivity index (χ4n) is 1.54. The number of aromatic carboxylic acids is 1. The number of nitro benzene ring substituents is 1. The van der Waals surface area contributed by atoms with Gasteiger partial charge in [0.15, 0.2) is 0 Å². The van der Waals surface area contributed by atoms with Gasteiger partial charge in [-0.05, 0) is 12.1 Å². The number of carboxylic acid groups (broad SMARTS) is 1. The molecular weight excluding hydrogens is 266 g/mol. The second-order valence-corrected chi connectivity index (χ2v) is 4.69. The predicted octanol–water partition coefficient (Wildman–Crippen LogP) is 2.11. The van der Waals surface area contributed by atoms with Gasteiger partial charge in [0.05, 0.1) is 15.8 Å². The fourth-order valence-corrected chi connectivity index (χ4v) is 2.58. The summed E-state index contributed by atoms with van der Waals surface area (Å²) in [5.74, 6) is -1.30. The lowest BCUT2D eigenvalue weighted by atomic mass is 10.2. The third-order valence-electron chi connectivity index (χ3n) is 2.39. The molecule has 0 unspecified atom stereocenters. The van der Waals surface area contributed by atoms with Crippen molar-refractivity contribution in [2.75, 3.05) is 0 Å². The molecule has 19 heavy (non-hydrogen) atoms. The summed E-state index contributed by atoms with van der Waals surface area (Å²) in [5.41, 5.74) is -0.0358. The van der Waals surface area contributed by atoms with Crippen molar-refractivity contribution in [1.29, 1.82) is 0 Å². The molecule has 2 aromatic carbocycles. The number of carbonyl (C=O) groups is 1. The maximum atomic E-state index is 11.0. The fraction of sp³-hybridized carbons (Fsp3) is 0. The molecule has 0 N–H and O–H groups in total. The van der Waals surface area contributed by atoms with Gasteiger partial charge in [-0.15, -0.1) is 0 Å². The highest BCUT2D eigenvalue weighted by Gasteiger charge is 2.15. The zero-order valence-electron chi connectivity index (χ0n) is 9.61. The lowest BCUT2D eigenvalue weighted by molar-refractivity contribution is -0.387. The van der Waals surface area contributed by atoms with Crippen LogP contribution in [-0.4, -0.2) is 10.9 Å². The third kappa shape index (κ3) is 2.92. The summed E-state index contributed by atoms with van der Waals surface area (Å²) < 4.78 is 0. The van der Waals surface area contributed by atoms with Crippen molar-refractivity contribution in [2.45, 2.75) is 9.79 Å². The highest BCUT2D eigenvalue weighted by atomic mass is 32.2. The summed E-state index contributed by atoms with van der Waals surface area (Å²) in [5, 5.41) is 21.9.